The van der Waals surface area contributed by atoms with Crippen LogP contribution < -0.4 is 5.32 Å². The Kier molecular flexibility index (Phi) is 5.25. The van der Waals surface area contributed by atoms with Gasteiger partial charge in [-0.3, -0.25) is 0 Å². The predicted molar refractivity (Wildman–Crippen MR) is 93.4 cm³/mol. The van der Waals surface area contributed by atoms with E-state index in [4.69, 9.17) is 0 Å². The average Bonchev–Trinajstić information content (AvgIpc) is 2.48. The Morgan fingerprint density at radius 1 is 1.05 bits per heavy atom. The van der Waals surface area contributed by atoms with Crippen molar-refractivity contribution >= 4 is 0 Å². The molecule has 0 saturated heterocycles. The predicted octanol–water partition coefficient (Wildman–Crippen LogP) is 4.58. The number of aromatic hydroxyl groups is 1. The van der Waals surface area contributed by atoms with Gasteiger partial charge in [-0.05, 0) is 28.5 Å². The highest BCUT2D eigenvalue weighted by Gasteiger charge is 2.15. The van der Waals surface area contributed by atoms with E-state index in [-0.39, 0.29) is 5.41 Å². The molecule has 22 heavy (non-hydrogen) atoms. The second kappa shape index (κ2) is 6.97. The SMILES string of the molecule is CC(CNCc1ccccc1O)c1cccc(C(C)(C)C)c1. The fourth-order valence-corrected chi connectivity index (χ4v) is 2.51. The van der Waals surface area contributed by atoms with Crippen molar-refractivity contribution in [3.05, 3.63) is 65.2 Å². The Morgan fingerprint density at radius 2 is 1.77 bits per heavy atom. The Balaban J connectivity index is 1.95. The zero-order valence-electron chi connectivity index (χ0n) is 14.1. The van der Waals surface area contributed by atoms with Crippen molar-refractivity contribution < 1.29 is 5.11 Å². The first-order valence-electron chi connectivity index (χ1n) is 7.96. The summed E-state index contributed by atoms with van der Waals surface area (Å²) in [5.74, 6) is 0.797. The lowest BCUT2D eigenvalue weighted by Crippen LogP contribution is -2.20. The number of phenolic OH excluding ortho intramolecular Hbond substituents is 1. The number of nitrogens with one attached hydrogen (secondary N) is 1. The van der Waals surface area contributed by atoms with Gasteiger partial charge in [-0.2, -0.15) is 0 Å². The lowest BCUT2D eigenvalue weighted by molar-refractivity contribution is 0.463. The van der Waals surface area contributed by atoms with Crippen LogP contribution in [0.3, 0.4) is 0 Å². The van der Waals surface area contributed by atoms with Crippen molar-refractivity contribution in [3.63, 3.8) is 0 Å². The van der Waals surface area contributed by atoms with E-state index in [9.17, 15) is 5.11 Å². The molecule has 0 saturated carbocycles. The maximum atomic E-state index is 9.78. The van der Waals surface area contributed by atoms with Crippen LogP contribution in [0.15, 0.2) is 48.5 Å². The van der Waals surface area contributed by atoms with Crippen LogP contribution in [-0.4, -0.2) is 11.7 Å². The first-order chi connectivity index (χ1) is 10.4. The van der Waals surface area contributed by atoms with E-state index in [0.717, 1.165) is 12.1 Å². The fraction of sp³-hybridized carbons (Fsp3) is 0.400. The zero-order valence-corrected chi connectivity index (χ0v) is 14.1. The molecule has 0 spiro atoms. The maximum absolute atomic E-state index is 9.78. The lowest BCUT2D eigenvalue weighted by Gasteiger charge is -2.21. The van der Waals surface area contributed by atoms with Crippen molar-refractivity contribution in [2.75, 3.05) is 6.54 Å². The van der Waals surface area contributed by atoms with E-state index in [1.165, 1.54) is 11.1 Å². The van der Waals surface area contributed by atoms with Crippen LogP contribution in [0.1, 0.15) is 50.3 Å². The Labute approximate surface area is 134 Å². The van der Waals surface area contributed by atoms with Crippen molar-refractivity contribution in [1.29, 1.82) is 0 Å². The number of para-hydroxylation sites is 1. The van der Waals surface area contributed by atoms with Crippen LogP contribution in [-0.2, 0) is 12.0 Å². The fourth-order valence-electron chi connectivity index (χ4n) is 2.51. The van der Waals surface area contributed by atoms with E-state index >= 15 is 0 Å². The molecule has 1 atom stereocenters. The van der Waals surface area contributed by atoms with Crippen molar-refractivity contribution in [1.82, 2.24) is 5.32 Å². The third kappa shape index (κ3) is 4.35. The van der Waals surface area contributed by atoms with Crippen LogP contribution in [0.25, 0.3) is 0 Å². The molecule has 2 N–H and O–H groups in total. The van der Waals surface area contributed by atoms with Gasteiger partial charge in [0.1, 0.15) is 5.75 Å². The van der Waals surface area contributed by atoms with Crippen LogP contribution in [0, 0.1) is 0 Å². The van der Waals surface area contributed by atoms with Gasteiger partial charge in [0.05, 0.1) is 0 Å². The van der Waals surface area contributed by atoms with Crippen LogP contribution >= 0.6 is 0 Å². The smallest absolute Gasteiger partial charge is 0.120 e. The highest BCUT2D eigenvalue weighted by Crippen LogP contribution is 2.25. The van der Waals surface area contributed by atoms with E-state index in [2.05, 4.69) is 57.3 Å². The molecule has 2 rings (SSSR count). The summed E-state index contributed by atoms with van der Waals surface area (Å²) >= 11 is 0. The van der Waals surface area contributed by atoms with Gasteiger partial charge in [-0.25, -0.2) is 0 Å². The molecule has 2 nitrogen and oxygen atoms in total. The topological polar surface area (TPSA) is 32.3 Å². The number of phenols is 1. The summed E-state index contributed by atoms with van der Waals surface area (Å²) in [6, 6.07) is 16.3. The van der Waals surface area contributed by atoms with Crippen molar-refractivity contribution in [2.24, 2.45) is 0 Å². The minimum Gasteiger partial charge on any atom is -0.508 e. The summed E-state index contributed by atoms with van der Waals surface area (Å²) in [6.07, 6.45) is 0. The van der Waals surface area contributed by atoms with E-state index < -0.39 is 0 Å². The summed E-state index contributed by atoms with van der Waals surface area (Å²) in [4.78, 5) is 0. The molecule has 0 bridgehead atoms. The molecule has 0 radical (unpaired) electrons. The molecule has 0 aliphatic rings. The number of benzene rings is 2. The van der Waals surface area contributed by atoms with Gasteiger partial charge < -0.3 is 10.4 Å². The van der Waals surface area contributed by atoms with Crippen LogP contribution in [0.4, 0.5) is 0 Å². The standard InChI is InChI=1S/C20H27NO/c1-15(13-21-14-17-8-5-6-11-19(17)22)16-9-7-10-18(12-16)20(2,3)4/h5-12,15,21-22H,13-14H2,1-4H3. The molecule has 0 heterocycles. The second-order valence-electron chi connectivity index (χ2n) is 7.04. The highest BCUT2D eigenvalue weighted by molar-refractivity contribution is 5.32. The number of hydrogen-bond donors (Lipinski definition) is 2. The molecule has 1 unspecified atom stereocenters. The average molecular weight is 297 g/mol. The van der Waals surface area contributed by atoms with Crippen molar-refractivity contribution in [2.45, 2.75) is 45.6 Å². The molecule has 2 aromatic rings. The quantitative estimate of drug-likeness (QED) is 0.846. The molecule has 0 aliphatic heterocycles. The van der Waals surface area contributed by atoms with Gasteiger partial charge >= 0.3 is 0 Å². The summed E-state index contributed by atoms with van der Waals surface area (Å²) in [5, 5.41) is 13.2. The van der Waals surface area contributed by atoms with Gasteiger partial charge in [0, 0.05) is 18.7 Å². The lowest BCUT2D eigenvalue weighted by atomic mass is 9.85. The first kappa shape index (κ1) is 16.6. The summed E-state index contributed by atoms with van der Waals surface area (Å²) in [5.41, 5.74) is 3.85. The third-order valence-corrected chi connectivity index (χ3v) is 4.08. The van der Waals surface area contributed by atoms with Gasteiger partial charge in [0.25, 0.3) is 0 Å². The van der Waals surface area contributed by atoms with E-state index in [1.54, 1.807) is 6.07 Å². The van der Waals surface area contributed by atoms with Crippen LogP contribution in [0.2, 0.25) is 0 Å². The first-order valence-corrected chi connectivity index (χ1v) is 7.96. The third-order valence-electron chi connectivity index (χ3n) is 4.08. The highest BCUT2D eigenvalue weighted by atomic mass is 16.3. The molecule has 2 aromatic carbocycles. The molecule has 0 aliphatic carbocycles. The zero-order chi connectivity index (χ0) is 16.2. The van der Waals surface area contributed by atoms with Gasteiger partial charge in [0.2, 0.25) is 0 Å². The van der Waals surface area contributed by atoms with Gasteiger partial charge in [0.15, 0.2) is 0 Å². The maximum Gasteiger partial charge on any atom is 0.120 e. The molecular weight excluding hydrogens is 270 g/mol. The van der Waals surface area contributed by atoms with E-state index in [0.29, 0.717) is 18.2 Å². The normalized spacial score (nSPS) is 13.1. The Morgan fingerprint density at radius 3 is 2.45 bits per heavy atom. The second-order valence-corrected chi connectivity index (χ2v) is 7.04. The molecule has 2 heteroatoms. The van der Waals surface area contributed by atoms with Gasteiger partial charge in [-0.1, -0.05) is 70.2 Å². The van der Waals surface area contributed by atoms with E-state index in [1.807, 2.05) is 18.2 Å². The molecular formula is C20H27NO. The molecule has 0 fully saturated rings. The van der Waals surface area contributed by atoms with Crippen molar-refractivity contribution in [3.8, 4) is 5.75 Å². The minimum absolute atomic E-state index is 0.180. The monoisotopic (exact) mass is 297 g/mol. The Hall–Kier alpha value is -1.80. The number of hydrogen-bond acceptors (Lipinski definition) is 2. The van der Waals surface area contributed by atoms with Gasteiger partial charge in [-0.15, -0.1) is 0 Å². The minimum atomic E-state index is 0.180. The largest absolute Gasteiger partial charge is 0.508 e. The molecule has 118 valence electrons. The van der Waals surface area contributed by atoms with Crippen LogP contribution in [0.5, 0.6) is 5.75 Å². The molecule has 0 amide bonds. The molecule has 0 aromatic heterocycles. The summed E-state index contributed by atoms with van der Waals surface area (Å²) in [7, 11) is 0. The summed E-state index contributed by atoms with van der Waals surface area (Å²) in [6.45, 7) is 10.5. The number of rotatable bonds is 5. The Bertz CT molecular complexity index is 613. The summed E-state index contributed by atoms with van der Waals surface area (Å²) < 4.78 is 0.